The Balaban J connectivity index is 1.62. The number of rotatable bonds is 8. The van der Waals surface area contributed by atoms with Crippen LogP contribution >= 0.6 is 0 Å². The van der Waals surface area contributed by atoms with Crippen LogP contribution in [0.1, 0.15) is 16.8 Å². The second-order valence-corrected chi connectivity index (χ2v) is 6.25. The topological polar surface area (TPSA) is 34.6 Å². The summed E-state index contributed by atoms with van der Waals surface area (Å²) in [5, 5.41) is 0. The van der Waals surface area contributed by atoms with Crippen molar-refractivity contribution in [3.05, 3.63) is 89.7 Å². The third-order valence-electron chi connectivity index (χ3n) is 4.08. The minimum atomic E-state index is 0.524. The fourth-order valence-electron chi connectivity index (χ4n) is 2.80. The van der Waals surface area contributed by atoms with Crippen molar-refractivity contribution in [2.75, 3.05) is 14.2 Å². The van der Waals surface area contributed by atoms with Crippen molar-refractivity contribution in [2.24, 2.45) is 0 Å². The van der Waals surface area contributed by atoms with Gasteiger partial charge in [-0.25, -0.2) is 0 Å². The summed E-state index contributed by atoms with van der Waals surface area (Å²) in [4.78, 5) is 6.60. The zero-order chi connectivity index (χ0) is 18.2. The lowest BCUT2D eigenvalue weighted by molar-refractivity contribution is 0.282. The van der Waals surface area contributed by atoms with Gasteiger partial charge in [-0.2, -0.15) is 0 Å². The van der Waals surface area contributed by atoms with Gasteiger partial charge in [-0.05, 0) is 42.4 Å². The largest absolute Gasteiger partial charge is 0.493 e. The summed E-state index contributed by atoms with van der Waals surface area (Å²) < 4.78 is 11.4. The Morgan fingerprint density at radius 3 is 2.38 bits per heavy atom. The minimum Gasteiger partial charge on any atom is -0.493 e. The predicted molar refractivity (Wildman–Crippen MR) is 103 cm³/mol. The first-order valence-electron chi connectivity index (χ1n) is 8.66. The van der Waals surface area contributed by atoms with Crippen LogP contribution in [0.15, 0.2) is 72.9 Å². The van der Waals surface area contributed by atoms with Crippen LogP contribution in [0.2, 0.25) is 0 Å². The Labute approximate surface area is 155 Å². The van der Waals surface area contributed by atoms with Gasteiger partial charge < -0.3 is 9.47 Å². The molecule has 0 fully saturated rings. The Hall–Kier alpha value is -2.85. The summed E-state index contributed by atoms with van der Waals surface area (Å²) in [6.45, 7) is 2.14. The molecule has 0 N–H and O–H groups in total. The van der Waals surface area contributed by atoms with Gasteiger partial charge in [0, 0.05) is 19.3 Å². The molecule has 1 aromatic heterocycles. The zero-order valence-corrected chi connectivity index (χ0v) is 15.3. The van der Waals surface area contributed by atoms with Gasteiger partial charge in [-0.1, -0.05) is 42.5 Å². The molecule has 0 aliphatic carbocycles. The van der Waals surface area contributed by atoms with Gasteiger partial charge in [0.15, 0.2) is 11.5 Å². The number of hydrogen-bond donors (Lipinski definition) is 0. The van der Waals surface area contributed by atoms with Crippen molar-refractivity contribution in [3.8, 4) is 11.5 Å². The number of hydrogen-bond acceptors (Lipinski definition) is 4. The second-order valence-electron chi connectivity index (χ2n) is 6.25. The third kappa shape index (κ3) is 5.07. The molecule has 26 heavy (non-hydrogen) atoms. The fourth-order valence-corrected chi connectivity index (χ4v) is 2.80. The Morgan fingerprint density at radius 2 is 1.65 bits per heavy atom. The van der Waals surface area contributed by atoms with Crippen LogP contribution in [0, 0.1) is 0 Å². The molecule has 4 nitrogen and oxygen atoms in total. The maximum absolute atomic E-state index is 5.92. The molecule has 4 heteroatoms. The smallest absolute Gasteiger partial charge is 0.161 e. The number of pyridine rings is 1. The lowest BCUT2D eigenvalue weighted by Gasteiger charge is -2.18. The molecule has 0 atom stereocenters. The van der Waals surface area contributed by atoms with E-state index >= 15 is 0 Å². The predicted octanol–water partition coefficient (Wildman–Crippen LogP) is 4.30. The Bertz CT molecular complexity index is 807. The molecule has 2 aromatic carbocycles. The Morgan fingerprint density at radius 1 is 0.846 bits per heavy atom. The molecule has 3 rings (SSSR count). The molecular weight excluding hydrogens is 324 g/mol. The minimum absolute atomic E-state index is 0.524. The van der Waals surface area contributed by atoms with E-state index in [1.165, 1.54) is 5.56 Å². The molecule has 0 bridgehead atoms. The molecule has 0 amide bonds. The maximum Gasteiger partial charge on any atom is 0.161 e. The lowest BCUT2D eigenvalue weighted by atomic mass is 10.2. The first-order chi connectivity index (χ1) is 12.7. The van der Waals surface area contributed by atoms with Gasteiger partial charge in [-0.3, -0.25) is 9.88 Å². The maximum atomic E-state index is 5.92. The first kappa shape index (κ1) is 18.0. The first-order valence-corrected chi connectivity index (χ1v) is 8.66. The number of methoxy groups -OCH3 is 1. The highest BCUT2D eigenvalue weighted by molar-refractivity contribution is 5.43. The normalized spacial score (nSPS) is 10.7. The number of ether oxygens (including phenoxy) is 2. The molecular formula is C22H24N2O2. The highest BCUT2D eigenvalue weighted by atomic mass is 16.5. The van der Waals surface area contributed by atoms with E-state index in [0.717, 1.165) is 35.8 Å². The van der Waals surface area contributed by atoms with E-state index in [1.54, 1.807) is 7.11 Å². The molecule has 134 valence electrons. The van der Waals surface area contributed by atoms with Crippen LogP contribution in [0.3, 0.4) is 0 Å². The van der Waals surface area contributed by atoms with Crippen LogP contribution < -0.4 is 9.47 Å². The van der Waals surface area contributed by atoms with Crippen LogP contribution in [-0.4, -0.2) is 24.0 Å². The van der Waals surface area contributed by atoms with Crippen molar-refractivity contribution >= 4 is 0 Å². The molecule has 0 saturated carbocycles. The summed E-state index contributed by atoms with van der Waals surface area (Å²) in [7, 11) is 3.76. The molecule has 3 aromatic rings. The van der Waals surface area contributed by atoms with Crippen LogP contribution in [0.5, 0.6) is 11.5 Å². The van der Waals surface area contributed by atoms with Gasteiger partial charge in [0.05, 0.1) is 12.8 Å². The van der Waals surface area contributed by atoms with Gasteiger partial charge in [0.2, 0.25) is 0 Å². The third-order valence-corrected chi connectivity index (χ3v) is 4.08. The van der Waals surface area contributed by atoms with Crippen molar-refractivity contribution < 1.29 is 9.47 Å². The monoisotopic (exact) mass is 348 g/mol. The van der Waals surface area contributed by atoms with Crippen LogP contribution in [-0.2, 0) is 19.7 Å². The van der Waals surface area contributed by atoms with Gasteiger partial charge in [0.1, 0.15) is 6.61 Å². The highest BCUT2D eigenvalue weighted by Crippen LogP contribution is 2.29. The van der Waals surface area contributed by atoms with E-state index < -0.39 is 0 Å². The molecule has 1 heterocycles. The van der Waals surface area contributed by atoms with Gasteiger partial charge in [0.25, 0.3) is 0 Å². The fraction of sp³-hybridized carbons (Fsp3) is 0.227. The lowest BCUT2D eigenvalue weighted by Crippen LogP contribution is -2.17. The number of benzene rings is 2. The van der Waals surface area contributed by atoms with Gasteiger partial charge in [-0.15, -0.1) is 0 Å². The van der Waals surface area contributed by atoms with E-state index in [0.29, 0.717) is 6.61 Å². The SMILES string of the molecule is COc1cc(CN(C)Cc2ccccn2)ccc1OCc1ccccc1. The highest BCUT2D eigenvalue weighted by Gasteiger charge is 2.09. The van der Waals surface area contributed by atoms with Crippen LogP contribution in [0.25, 0.3) is 0 Å². The number of nitrogens with zero attached hydrogens (tertiary/aromatic N) is 2. The number of aromatic nitrogens is 1. The van der Waals surface area contributed by atoms with Crippen molar-refractivity contribution in [1.82, 2.24) is 9.88 Å². The second kappa shape index (κ2) is 9.02. The zero-order valence-electron chi connectivity index (χ0n) is 15.3. The molecule has 0 aliphatic heterocycles. The Kier molecular flexibility index (Phi) is 6.23. The summed E-state index contributed by atoms with van der Waals surface area (Å²) in [5.41, 5.74) is 3.37. The van der Waals surface area contributed by atoms with Crippen molar-refractivity contribution in [3.63, 3.8) is 0 Å². The van der Waals surface area contributed by atoms with E-state index in [4.69, 9.17) is 9.47 Å². The van der Waals surface area contributed by atoms with Crippen molar-refractivity contribution in [2.45, 2.75) is 19.7 Å². The molecule has 0 radical (unpaired) electrons. The molecule has 0 unspecified atom stereocenters. The summed E-state index contributed by atoms with van der Waals surface area (Å²) in [5.74, 6) is 1.51. The van der Waals surface area contributed by atoms with Crippen LogP contribution in [0.4, 0.5) is 0 Å². The average Bonchev–Trinajstić information content (AvgIpc) is 2.68. The van der Waals surface area contributed by atoms with E-state index in [9.17, 15) is 0 Å². The summed E-state index contributed by atoms with van der Waals surface area (Å²) in [6, 6.07) is 22.2. The quantitative estimate of drug-likeness (QED) is 0.608. The van der Waals surface area contributed by atoms with E-state index in [1.807, 2.05) is 66.9 Å². The molecule has 0 aliphatic rings. The van der Waals surface area contributed by atoms with Gasteiger partial charge >= 0.3 is 0 Å². The molecule has 0 spiro atoms. The average molecular weight is 348 g/mol. The van der Waals surface area contributed by atoms with Crippen molar-refractivity contribution in [1.29, 1.82) is 0 Å². The summed E-state index contributed by atoms with van der Waals surface area (Å²) in [6.07, 6.45) is 1.82. The standard InChI is InChI=1S/C22H24N2O2/c1-24(16-20-10-6-7-13-23-20)15-19-11-12-21(22(14-19)25-2)26-17-18-8-4-3-5-9-18/h3-14H,15-17H2,1-2H3. The van der Waals surface area contributed by atoms with E-state index in [-0.39, 0.29) is 0 Å². The van der Waals surface area contributed by atoms with E-state index in [2.05, 4.69) is 23.0 Å². The molecule has 0 saturated heterocycles. The summed E-state index contributed by atoms with van der Waals surface area (Å²) >= 11 is 0.